The lowest BCUT2D eigenvalue weighted by Crippen LogP contribution is -2.46. The fourth-order valence-corrected chi connectivity index (χ4v) is 6.14. The van der Waals surface area contributed by atoms with Crippen LogP contribution in [0.5, 0.6) is 0 Å². The zero-order valence-corrected chi connectivity index (χ0v) is 21.6. The molecular weight excluding hydrogens is 498 g/mol. The van der Waals surface area contributed by atoms with Gasteiger partial charge in [0, 0.05) is 25.0 Å². The number of thioether (sulfide) groups is 1. The summed E-state index contributed by atoms with van der Waals surface area (Å²) in [4.78, 5) is 28.3. The number of carbonyl (C=O) groups excluding carboxylic acids is 2. The van der Waals surface area contributed by atoms with Gasteiger partial charge in [-0.2, -0.15) is 0 Å². The van der Waals surface area contributed by atoms with Crippen LogP contribution in [0.15, 0.2) is 58.9 Å². The van der Waals surface area contributed by atoms with Gasteiger partial charge in [-0.15, -0.1) is 11.3 Å². The van der Waals surface area contributed by atoms with Crippen molar-refractivity contribution in [1.82, 2.24) is 15.8 Å². The second kappa shape index (κ2) is 13.7. The summed E-state index contributed by atoms with van der Waals surface area (Å²) in [6.45, 7) is 0. The van der Waals surface area contributed by atoms with Crippen molar-refractivity contribution in [2.75, 3.05) is 5.75 Å². The van der Waals surface area contributed by atoms with Crippen molar-refractivity contribution >= 4 is 45.1 Å². The molecule has 0 spiro atoms. The predicted octanol–water partition coefficient (Wildman–Crippen LogP) is 5.18. The summed E-state index contributed by atoms with van der Waals surface area (Å²) in [6.07, 6.45) is 3.26. The molecule has 1 fully saturated rings. The van der Waals surface area contributed by atoms with Crippen LogP contribution in [0.3, 0.4) is 0 Å². The standard InChI is InChI=1S/C26H31N3O5S2/c30-23(14-6-1-2-7-15-24(31)29-32)28-25-33-19(16-21(34-25)18-10-4-3-5-11-18)17-35-26-27-20-12-8-9-13-22(20)36-26/h3-5,8-13,19,21,25,32H,1-2,6-7,14-17H2,(H,28,30)(H,29,31). The number of nitrogens with zero attached hydrogens (tertiary/aromatic N) is 1. The highest BCUT2D eigenvalue weighted by Gasteiger charge is 2.32. The number of benzene rings is 2. The van der Waals surface area contributed by atoms with Crippen LogP contribution in [0.4, 0.5) is 0 Å². The number of carbonyl (C=O) groups is 2. The third-order valence-corrected chi connectivity index (χ3v) is 8.19. The molecule has 192 valence electrons. The normalized spacial score (nSPS) is 19.8. The molecule has 36 heavy (non-hydrogen) atoms. The van der Waals surface area contributed by atoms with Gasteiger partial charge in [-0.3, -0.25) is 14.8 Å². The topological polar surface area (TPSA) is 110 Å². The molecule has 4 rings (SSSR count). The first-order valence-electron chi connectivity index (χ1n) is 12.2. The summed E-state index contributed by atoms with van der Waals surface area (Å²) in [6, 6.07) is 18.1. The number of aromatic nitrogens is 1. The van der Waals surface area contributed by atoms with E-state index in [4.69, 9.17) is 19.7 Å². The Bertz CT molecular complexity index is 1090. The Balaban J connectivity index is 1.29. The average Bonchev–Trinajstić information content (AvgIpc) is 3.33. The van der Waals surface area contributed by atoms with Crippen LogP contribution in [0.1, 0.15) is 56.6 Å². The summed E-state index contributed by atoms with van der Waals surface area (Å²) in [5.74, 6) is 0.197. The van der Waals surface area contributed by atoms with Crippen LogP contribution in [-0.2, 0) is 19.1 Å². The van der Waals surface area contributed by atoms with Gasteiger partial charge >= 0.3 is 0 Å². The first kappa shape index (κ1) is 26.6. The summed E-state index contributed by atoms with van der Waals surface area (Å²) >= 11 is 3.34. The highest BCUT2D eigenvalue weighted by molar-refractivity contribution is 8.01. The van der Waals surface area contributed by atoms with E-state index in [0.29, 0.717) is 31.4 Å². The first-order valence-corrected chi connectivity index (χ1v) is 14.0. The maximum atomic E-state index is 12.5. The maximum absolute atomic E-state index is 12.5. The fourth-order valence-electron chi connectivity index (χ4n) is 4.02. The van der Waals surface area contributed by atoms with E-state index in [1.807, 2.05) is 48.5 Å². The van der Waals surface area contributed by atoms with Gasteiger partial charge in [0.05, 0.1) is 22.4 Å². The van der Waals surface area contributed by atoms with Crippen LogP contribution >= 0.6 is 23.1 Å². The number of ether oxygens (including phenoxy) is 2. The molecule has 3 N–H and O–H groups in total. The third-order valence-electron chi connectivity index (χ3n) is 5.88. The molecule has 8 nitrogen and oxygen atoms in total. The number of hydrogen-bond donors (Lipinski definition) is 3. The van der Waals surface area contributed by atoms with E-state index in [9.17, 15) is 9.59 Å². The van der Waals surface area contributed by atoms with Crippen LogP contribution in [0.25, 0.3) is 10.2 Å². The lowest BCUT2D eigenvalue weighted by atomic mass is 10.0. The summed E-state index contributed by atoms with van der Waals surface area (Å²) in [7, 11) is 0. The number of para-hydroxylation sites is 1. The maximum Gasteiger partial charge on any atom is 0.243 e. The molecule has 1 aromatic heterocycles. The summed E-state index contributed by atoms with van der Waals surface area (Å²) < 4.78 is 14.4. The van der Waals surface area contributed by atoms with Gasteiger partial charge in [-0.25, -0.2) is 10.5 Å². The zero-order chi connectivity index (χ0) is 25.2. The molecule has 0 bridgehead atoms. The SMILES string of the molecule is O=C(CCCCCCC(=O)NC1OC(CSc2nc3ccccc3s2)CC(c2ccccc2)O1)NO. The molecule has 3 aromatic rings. The first-order chi connectivity index (χ1) is 17.6. The average molecular weight is 530 g/mol. The fraction of sp³-hybridized carbons (Fsp3) is 0.423. The van der Waals surface area contributed by atoms with Crippen LogP contribution in [0, 0.1) is 0 Å². The van der Waals surface area contributed by atoms with Crippen molar-refractivity contribution < 1.29 is 24.3 Å². The minimum absolute atomic E-state index is 0.107. The van der Waals surface area contributed by atoms with E-state index in [-0.39, 0.29) is 30.4 Å². The quantitative estimate of drug-likeness (QED) is 0.128. The van der Waals surface area contributed by atoms with Crippen molar-refractivity contribution in [3.63, 3.8) is 0 Å². The molecule has 1 aliphatic rings. The molecule has 3 unspecified atom stereocenters. The molecule has 2 heterocycles. The van der Waals surface area contributed by atoms with E-state index in [1.54, 1.807) is 28.6 Å². The number of thiazole rings is 1. The molecule has 2 aromatic carbocycles. The van der Waals surface area contributed by atoms with Gasteiger partial charge < -0.3 is 14.8 Å². The number of amides is 2. The molecule has 0 aliphatic carbocycles. The van der Waals surface area contributed by atoms with E-state index >= 15 is 0 Å². The molecule has 1 aliphatic heterocycles. The minimum atomic E-state index is -0.814. The Labute approximate surface area is 218 Å². The molecule has 1 saturated heterocycles. The highest BCUT2D eigenvalue weighted by atomic mass is 32.2. The lowest BCUT2D eigenvalue weighted by molar-refractivity contribution is -0.251. The largest absolute Gasteiger partial charge is 0.331 e. The Hall–Kier alpha value is -2.50. The van der Waals surface area contributed by atoms with E-state index in [2.05, 4.69) is 11.4 Å². The van der Waals surface area contributed by atoms with Crippen molar-refractivity contribution in [3.05, 3.63) is 60.2 Å². The lowest BCUT2D eigenvalue weighted by Gasteiger charge is -2.36. The van der Waals surface area contributed by atoms with Gasteiger partial charge in [0.15, 0.2) is 4.34 Å². The third kappa shape index (κ3) is 8.01. The van der Waals surface area contributed by atoms with Gasteiger partial charge in [-0.1, -0.05) is 67.1 Å². The number of fused-ring (bicyclic) bond motifs is 1. The number of unbranched alkanes of at least 4 members (excludes halogenated alkanes) is 3. The van der Waals surface area contributed by atoms with Gasteiger partial charge in [0.2, 0.25) is 18.2 Å². The predicted molar refractivity (Wildman–Crippen MR) is 140 cm³/mol. The van der Waals surface area contributed by atoms with Crippen LogP contribution in [0.2, 0.25) is 0 Å². The second-order valence-corrected chi connectivity index (χ2v) is 10.9. The Morgan fingerprint density at radius 1 is 0.972 bits per heavy atom. The molecule has 10 heteroatoms. The number of rotatable bonds is 12. The number of nitrogens with one attached hydrogen (secondary N) is 2. The molecule has 3 atom stereocenters. The molecule has 2 amide bonds. The zero-order valence-electron chi connectivity index (χ0n) is 19.9. The number of hydroxylamine groups is 1. The van der Waals surface area contributed by atoms with Crippen molar-refractivity contribution in [2.45, 2.75) is 67.9 Å². The summed E-state index contributed by atoms with van der Waals surface area (Å²) in [5.41, 5.74) is 3.69. The highest BCUT2D eigenvalue weighted by Crippen LogP contribution is 2.35. The summed E-state index contributed by atoms with van der Waals surface area (Å²) in [5, 5.41) is 11.4. The van der Waals surface area contributed by atoms with Crippen molar-refractivity contribution in [3.8, 4) is 0 Å². The monoisotopic (exact) mass is 529 g/mol. The van der Waals surface area contributed by atoms with Crippen molar-refractivity contribution in [1.29, 1.82) is 0 Å². The molecular formula is C26H31N3O5S2. The Morgan fingerprint density at radius 3 is 2.44 bits per heavy atom. The van der Waals surface area contributed by atoms with Gasteiger partial charge in [0.25, 0.3) is 0 Å². The van der Waals surface area contributed by atoms with E-state index in [0.717, 1.165) is 33.0 Å². The second-order valence-electron chi connectivity index (χ2n) is 8.64. The minimum Gasteiger partial charge on any atom is -0.331 e. The van der Waals surface area contributed by atoms with Crippen LogP contribution < -0.4 is 10.8 Å². The van der Waals surface area contributed by atoms with E-state index in [1.165, 1.54) is 0 Å². The number of hydrogen-bond acceptors (Lipinski definition) is 8. The van der Waals surface area contributed by atoms with Crippen molar-refractivity contribution in [2.24, 2.45) is 0 Å². The van der Waals surface area contributed by atoms with E-state index < -0.39 is 6.41 Å². The Morgan fingerprint density at radius 2 is 1.69 bits per heavy atom. The molecule has 0 radical (unpaired) electrons. The smallest absolute Gasteiger partial charge is 0.243 e. The van der Waals surface area contributed by atoms with Gasteiger partial charge in [-0.05, 0) is 30.5 Å². The Kier molecular flexibility index (Phi) is 10.1. The molecule has 0 saturated carbocycles. The van der Waals surface area contributed by atoms with Gasteiger partial charge in [0.1, 0.15) is 0 Å². The van der Waals surface area contributed by atoms with Crippen LogP contribution in [-0.4, -0.2) is 40.3 Å².